The molecule has 0 aliphatic rings. The van der Waals surface area contributed by atoms with Gasteiger partial charge in [-0.1, -0.05) is 17.4 Å². The van der Waals surface area contributed by atoms with Crippen LogP contribution in [0.1, 0.15) is 28.4 Å². The molecule has 1 atom stereocenters. The Hall–Kier alpha value is -1.60. The summed E-state index contributed by atoms with van der Waals surface area (Å²) in [5.41, 5.74) is 5.86. The molecule has 0 aliphatic heterocycles. The van der Waals surface area contributed by atoms with Crippen LogP contribution in [0.25, 0.3) is 0 Å². The summed E-state index contributed by atoms with van der Waals surface area (Å²) >= 11 is 3.02. The first-order valence-corrected chi connectivity index (χ1v) is 8.52. The molecule has 0 aromatic carbocycles. The van der Waals surface area contributed by atoms with E-state index in [1.54, 1.807) is 16.2 Å². The van der Waals surface area contributed by atoms with Crippen molar-refractivity contribution in [2.24, 2.45) is 0 Å². The van der Waals surface area contributed by atoms with Crippen molar-refractivity contribution in [3.8, 4) is 0 Å². The normalized spacial score (nSPS) is 12.1. The number of rotatable bonds is 6. The molecular weight excluding hydrogens is 304 g/mol. The summed E-state index contributed by atoms with van der Waals surface area (Å²) in [6.45, 7) is 4.78. The van der Waals surface area contributed by atoms with E-state index in [4.69, 9.17) is 5.73 Å². The highest BCUT2D eigenvalue weighted by Crippen LogP contribution is 2.27. The van der Waals surface area contributed by atoms with E-state index in [0.29, 0.717) is 15.8 Å². The summed E-state index contributed by atoms with van der Waals surface area (Å²) in [7, 11) is 1.81. The maximum Gasteiger partial charge on any atom is 0.267 e. The highest BCUT2D eigenvalue weighted by Gasteiger charge is 2.23. The Bertz CT molecular complexity index is 594. The minimum atomic E-state index is -0.0711. The van der Waals surface area contributed by atoms with E-state index in [9.17, 15) is 4.79 Å². The zero-order chi connectivity index (χ0) is 15.4. The van der Waals surface area contributed by atoms with E-state index in [-0.39, 0.29) is 11.9 Å². The standard InChI is InChI=1S/C14H20N4OS2/c1-4-16-14-17-12(15)11(21-14)13(19)18(3)9(2)8-10-6-5-7-20-10/h5-7,9H,4,8,15H2,1-3H3,(H,16,17). The van der Waals surface area contributed by atoms with Crippen LogP contribution >= 0.6 is 22.7 Å². The van der Waals surface area contributed by atoms with Gasteiger partial charge >= 0.3 is 0 Å². The van der Waals surface area contributed by atoms with Crippen LogP contribution in [0.15, 0.2) is 17.5 Å². The van der Waals surface area contributed by atoms with Crippen molar-refractivity contribution in [3.05, 3.63) is 27.3 Å². The predicted octanol–water partition coefficient (Wildman–Crippen LogP) is 2.92. The lowest BCUT2D eigenvalue weighted by Crippen LogP contribution is -2.36. The first kappa shape index (κ1) is 15.8. The molecule has 0 fully saturated rings. The SMILES string of the molecule is CCNc1nc(N)c(C(=O)N(C)C(C)Cc2cccs2)s1. The quantitative estimate of drug-likeness (QED) is 0.857. The van der Waals surface area contributed by atoms with E-state index in [1.165, 1.54) is 16.2 Å². The Balaban J connectivity index is 2.07. The molecule has 2 heterocycles. The molecule has 3 N–H and O–H groups in total. The monoisotopic (exact) mass is 324 g/mol. The Morgan fingerprint density at radius 2 is 2.33 bits per heavy atom. The van der Waals surface area contributed by atoms with Crippen LogP contribution in [0.3, 0.4) is 0 Å². The van der Waals surface area contributed by atoms with E-state index >= 15 is 0 Å². The Kier molecular flexibility index (Phi) is 5.19. The number of likely N-dealkylation sites (N-methyl/N-ethyl adjacent to an activating group) is 1. The van der Waals surface area contributed by atoms with Gasteiger partial charge < -0.3 is 16.0 Å². The van der Waals surface area contributed by atoms with E-state index in [1.807, 2.05) is 32.3 Å². The summed E-state index contributed by atoms with van der Waals surface area (Å²) < 4.78 is 0. The van der Waals surface area contributed by atoms with Crippen LogP contribution < -0.4 is 11.1 Å². The molecule has 0 saturated heterocycles. The van der Waals surface area contributed by atoms with Gasteiger partial charge in [0.2, 0.25) is 0 Å². The molecule has 21 heavy (non-hydrogen) atoms. The minimum absolute atomic E-state index is 0.0711. The van der Waals surface area contributed by atoms with Crippen molar-refractivity contribution >= 4 is 39.5 Å². The third kappa shape index (κ3) is 3.74. The number of thiophene rings is 1. The Morgan fingerprint density at radius 1 is 1.57 bits per heavy atom. The zero-order valence-corrected chi connectivity index (χ0v) is 14.1. The predicted molar refractivity (Wildman–Crippen MR) is 90.3 cm³/mol. The molecule has 1 amide bonds. The lowest BCUT2D eigenvalue weighted by Gasteiger charge is -2.24. The van der Waals surface area contributed by atoms with Gasteiger partial charge in [0, 0.05) is 30.9 Å². The van der Waals surface area contributed by atoms with Gasteiger partial charge in [-0.2, -0.15) is 0 Å². The fourth-order valence-electron chi connectivity index (χ4n) is 1.93. The molecule has 0 spiro atoms. The number of carbonyl (C=O) groups excluding carboxylic acids is 1. The second kappa shape index (κ2) is 6.91. The molecule has 1 unspecified atom stereocenters. The second-order valence-electron chi connectivity index (χ2n) is 4.81. The third-order valence-electron chi connectivity index (χ3n) is 3.23. The van der Waals surface area contributed by atoms with Gasteiger partial charge in [0.1, 0.15) is 10.7 Å². The summed E-state index contributed by atoms with van der Waals surface area (Å²) in [6.07, 6.45) is 0.846. The largest absolute Gasteiger partial charge is 0.382 e. The number of thiazole rings is 1. The fraction of sp³-hybridized carbons (Fsp3) is 0.429. The van der Waals surface area contributed by atoms with Crippen LogP contribution in [0.5, 0.6) is 0 Å². The van der Waals surface area contributed by atoms with Gasteiger partial charge in [-0.15, -0.1) is 11.3 Å². The summed E-state index contributed by atoms with van der Waals surface area (Å²) in [6, 6.07) is 4.22. The maximum atomic E-state index is 12.5. The van der Waals surface area contributed by atoms with Gasteiger partial charge in [0.05, 0.1) is 0 Å². The molecule has 0 saturated carbocycles. The molecule has 0 aliphatic carbocycles. The number of hydrogen-bond donors (Lipinski definition) is 2. The topological polar surface area (TPSA) is 71.2 Å². The lowest BCUT2D eigenvalue weighted by atomic mass is 10.2. The van der Waals surface area contributed by atoms with Crippen LogP contribution in [-0.2, 0) is 6.42 Å². The number of carbonyl (C=O) groups is 1. The zero-order valence-electron chi connectivity index (χ0n) is 12.4. The third-order valence-corrected chi connectivity index (χ3v) is 5.15. The average molecular weight is 324 g/mol. The maximum absolute atomic E-state index is 12.5. The number of amides is 1. The molecule has 0 radical (unpaired) electrons. The molecule has 114 valence electrons. The molecule has 5 nitrogen and oxygen atoms in total. The van der Waals surface area contributed by atoms with Gasteiger partial charge in [-0.05, 0) is 25.3 Å². The number of nitrogens with one attached hydrogen (secondary N) is 1. The molecular formula is C14H20N4OS2. The number of nitrogens with zero attached hydrogens (tertiary/aromatic N) is 2. The number of nitrogens with two attached hydrogens (primary N) is 1. The lowest BCUT2D eigenvalue weighted by molar-refractivity contribution is 0.0749. The van der Waals surface area contributed by atoms with E-state index in [2.05, 4.69) is 16.4 Å². The van der Waals surface area contributed by atoms with E-state index in [0.717, 1.165) is 13.0 Å². The van der Waals surface area contributed by atoms with E-state index < -0.39 is 0 Å². The first-order valence-electron chi connectivity index (χ1n) is 6.82. The van der Waals surface area contributed by atoms with Crippen LogP contribution in [-0.4, -0.2) is 35.4 Å². The molecule has 0 bridgehead atoms. The number of aromatic nitrogens is 1. The highest BCUT2D eigenvalue weighted by molar-refractivity contribution is 7.18. The first-order chi connectivity index (χ1) is 10.0. The molecule has 7 heteroatoms. The minimum Gasteiger partial charge on any atom is -0.382 e. The van der Waals surface area contributed by atoms with Gasteiger partial charge in [0.15, 0.2) is 5.13 Å². The van der Waals surface area contributed by atoms with Crippen molar-refractivity contribution in [1.82, 2.24) is 9.88 Å². The summed E-state index contributed by atoms with van der Waals surface area (Å²) in [5, 5.41) is 5.83. The molecule has 2 rings (SSSR count). The van der Waals surface area contributed by atoms with Crippen molar-refractivity contribution in [2.45, 2.75) is 26.3 Å². The Labute approximate surface area is 132 Å². The van der Waals surface area contributed by atoms with Crippen molar-refractivity contribution in [2.75, 3.05) is 24.6 Å². The average Bonchev–Trinajstić information content (AvgIpc) is 3.07. The summed E-state index contributed by atoms with van der Waals surface area (Å²) in [4.78, 5) is 20.2. The molecule has 2 aromatic rings. The number of anilines is 2. The number of nitrogen functional groups attached to an aromatic ring is 1. The highest BCUT2D eigenvalue weighted by atomic mass is 32.1. The van der Waals surface area contributed by atoms with Gasteiger partial charge in [0.25, 0.3) is 5.91 Å². The van der Waals surface area contributed by atoms with Crippen molar-refractivity contribution < 1.29 is 4.79 Å². The van der Waals surface area contributed by atoms with Crippen molar-refractivity contribution in [1.29, 1.82) is 0 Å². The number of hydrogen-bond acceptors (Lipinski definition) is 6. The van der Waals surface area contributed by atoms with Gasteiger partial charge in [-0.3, -0.25) is 4.79 Å². The summed E-state index contributed by atoms with van der Waals surface area (Å²) in [5.74, 6) is 0.231. The van der Waals surface area contributed by atoms with Crippen LogP contribution in [0.2, 0.25) is 0 Å². The van der Waals surface area contributed by atoms with Crippen molar-refractivity contribution in [3.63, 3.8) is 0 Å². The van der Waals surface area contributed by atoms with Crippen LogP contribution in [0.4, 0.5) is 10.9 Å². The Morgan fingerprint density at radius 3 is 2.95 bits per heavy atom. The molecule has 2 aromatic heterocycles. The second-order valence-corrected chi connectivity index (χ2v) is 6.84. The smallest absolute Gasteiger partial charge is 0.267 e. The van der Waals surface area contributed by atoms with Crippen LogP contribution in [0, 0.1) is 0 Å². The van der Waals surface area contributed by atoms with Gasteiger partial charge in [-0.25, -0.2) is 4.98 Å². The fourth-order valence-corrected chi connectivity index (χ4v) is 3.69.